The Kier molecular flexibility index (Phi) is 4.49. The molecule has 1 N–H and O–H groups in total. The summed E-state index contributed by atoms with van der Waals surface area (Å²) in [7, 11) is 0. The predicted octanol–water partition coefficient (Wildman–Crippen LogP) is 4.94. The van der Waals surface area contributed by atoms with E-state index in [9.17, 15) is 0 Å². The van der Waals surface area contributed by atoms with E-state index in [0.29, 0.717) is 5.92 Å². The van der Waals surface area contributed by atoms with E-state index >= 15 is 0 Å². The third-order valence-corrected chi connectivity index (χ3v) is 5.27. The molecular weight excluding hydrogens is 270 g/mol. The van der Waals surface area contributed by atoms with Gasteiger partial charge in [-0.3, -0.25) is 0 Å². The van der Waals surface area contributed by atoms with Crippen LogP contribution in [0.2, 0.25) is 0 Å². The highest BCUT2D eigenvalue weighted by atomic mass is 15.1. The average Bonchev–Trinajstić information content (AvgIpc) is 3.17. The first-order valence-corrected chi connectivity index (χ1v) is 8.47. The van der Waals surface area contributed by atoms with Gasteiger partial charge in [0.2, 0.25) is 0 Å². The fraction of sp³-hybridized carbons (Fsp3) is 0.526. The minimum Gasteiger partial charge on any atom is -0.361 e. The molecule has 0 saturated heterocycles. The minimum atomic E-state index is 0.635. The summed E-state index contributed by atoms with van der Waals surface area (Å²) in [6.45, 7) is 15.2. The summed E-state index contributed by atoms with van der Waals surface area (Å²) in [5.74, 6) is 1.38. The maximum Gasteiger partial charge on any atom is 0.187 e. The van der Waals surface area contributed by atoms with Gasteiger partial charge in [-0.05, 0) is 60.8 Å². The van der Waals surface area contributed by atoms with Crippen molar-refractivity contribution in [3.63, 3.8) is 0 Å². The van der Waals surface area contributed by atoms with E-state index in [0.717, 1.165) is 30.2 Å². The van der Waals surface area contributed by atoms with E-state index in [4.69, 9.17) is 6.57 Å². The molecule has 2 aromatic rings. The zero-order valence-electron chi connectivity index (χ0n) is 13.6. The van der Waals surface area contributed by atoms with Crippen LogP contribution in [0.25, 0.3) is 15.7 Å². The van der Waals surface area contributed by atoms with Gasteiger partial charge in [0, 0.05) is 18.3 Å². The number of aromatic amines is 1. The third kappa shape index (κ3) is 2.76. The van der Waals surface area contributed by atoms with E-state index in [2.05, 4.69) is 40.8 Å². The minimum absolute atomic E-state index is 0.635. The van der Waals surface area contributed by atoms with Gasteiger partial charge >= 0.3 is 0 Å². The molecule has 3 heteroatoms. The first-order valence-electron chi connectivity index (χ1n) is 8.47. The fourth-order valence-corrected chi connectivity index (χ4v) is 3.98. The van der Waals surface area contributed by atoms with Crippen LogP contribution >= 0.6 is 0 Å². The Morgan fingerprint density at radius 1 is 1.27 bits per heavy atom. The number of nitrogens with zero attached hydrogens (tertiary/aromatic N) is 2. The van der Waals surface area contributed by atoms with E-state index in [1.165, 1.54) is 36.8 Å². The van der Waals surface area contributed by atoms with Crippen LogP contribution in [0.1, 0.15) is 44.6 Å². The standard InChI is InChI=1S/C19H25N3/c1-4-22(5-2)13-14-7-6-8-16(14)18-12-21-19-10-9-15(20-3)11-17(18)19/h9-12,14,16,21H,4-8,13H2,1-2H3/t14-,16+/m1/s1. The zero-order chi connectivity index (χ0) is 15.5. The number of nitrogens with one attached hydrogen (secondary N) is 1. The lowest BCUT2D eigenvalue weighted by molar-refractivity contribution is 0.243. The van der Waals surface area contributed by atoms with Crippen LogP contribution in [0.5, 0.6) is 0 Å². The first-order chi connectivity index (χ1) is 10.8. The highest BCUT2D eigenvalue weighted by molar-refractivity contribution is 5.87. The van der Waals surface area contributed by atoms with Gasteiger partial charge in [0.1, 0.15) is 0 Å². The largest absolute Gasteiger partial charge is 0.361 e. The molecule has 1 aliphatic carbocycles. The Hall–Kier alpha value is -1.79. The molecule has 0 spiro atoms. The van der Waals surface area contributed by atoms with Gasteiger partial charge in [0.05, 0.1) is 6.57 Å². The number of H-pyrrole nitrogens is 1. The topological polar surface area (TPSA) is 23.4 Å². The van der Waals surface area contributed by atoms with Gasteiger partial charge in [-0.25, -0.2) is 4.85 Å². The summed E-state index contributed by atoms with van der Waals surface area (Å²) < 4.78 is 0. The van der Waals surface area contributed by atoms with Crippen molar-refractivity contribution in [1.82, 2.24) is 9.88 Å². The Morgan fingerprint density at radius 3 is 2.82 bits per heavy atom. The van der Waals surface area contributed by atoms with Crippen molar-refractivity contribution in [2.24, 2.45) is 5.92 Å². The zero-order valence-corrected chi connectivity index (χ0v) is 13.6. The number of benzene rings is 1. The Morgan fingerprint density at radius 2 is 2.09 bits per heavy atom. The molecule has 1 heterocycles. The number of hydrogen-bond donors (Lipinski definition) is 1. The Labute approximate surface area is 133 Å². The van der Waals surface area contributed by atoms with Crippen LogP contribution in [0.15, 0.2) is 24.4 Å². The molecule has 3 rings (SSSR count). The smallest absolute Gasteiger partial charge is 0.187 e. The molecular formula is C19H25N3. The maximum absolute atomic E-state index is 7.24. The van der Waals surface area contributed by atoms with Crippen molar-refractivity contribution < 1.29 is 0 Å². The lowest BCUT2D eigenvalue weighted by atomic mass is 9.88. The van der Waals surface area contributed by atoms with Gasteiger partial charge < -0.3 is 9.88 Å². The van der Waals surface area contributed by atoms with Crippen molar-refractivity contribution in [1.29, 1.82) is 0 Å². The maximum atomic E-state index is 7.24. The first kappa shape index (κ1) is 15.1. The molecule has 1 aliphatic rings. The highest BCUT2D eigenvalue weighted by Crippen LogP contribution is 2.43. The summed E-state index contributed by atoms with van der Waals surface area (Å²) in [6.07, 6.45) is 6.12. The fourth-order valence-electron chi connectivity index (χ4n) is 3.98. The summed E-state index contributed by atoms with van der Waals surface area (Å²) in [5.41, 5.74) is 3.33. The molecule has 0 radical (unpaired) electrons. The molecule has 3 nitrogen and oxygen atoms in total. The van der Waals surface area contributed by atoms with E-state index < -0.39 is 0 Å². The van der Waals surface area contributed by atoms with Crippen molar-refractivity contribution in [2.75, 3.05) is 19.6 Å². The number of aromatic nitrogens is 1. The Bertz CT molecular complexity index is 676. The van der Waals surface area contributed by atoms with Crippen LogP contribution in [0.4, 0.5) is 5.69 Å². The second-order valence-electron chi connectivity index (χ2n) is 6.37. The van der Waals surface area contributed by atoms with Crippen LogP contribution in [-0.4, -0.2) is 29.5 Å². The van der Waals surface area contributed by atoms with E-state index in [1.807, 2.05) is 12.1 Å². The molecule has 0 aliphatic heterocycles. The summed E-state index contributed by atoms with van der Waals surface area (Å²) in [6, 6.07) is 6.00. The quantitative estimate of drug-likeness (QED) is 0.776. The van der Waals surface area contributed by atoms with Gasteiger partial charge in [-0.1, -0.05) is 26.3 Å². The molecule has 1 fully saturated rings. The van der Waals surface area contributed by atoms with Gasteiger partial charge in [0.25, 0.3) is 0 Å². The van der Waals surface area contributed by atoms with Crippen LogP contribution in [0, 0.1) is 12.5 Å². The molecule has 116 valence electrons. The molecule has 0 amide bonds. The summed E-state index contributed by atoms with van der Waals surface area (Å²) in [5, 5.41) is 1.25. The van der Waals surface area contributed by atoms with Crippen molar-refractivity contribution in [3.05, 3.63) is 41.4 Å². The number of fused-ring (bicyclic) bond motifs is 1. The second kappa shape index (κ2) is 6.54. The van der Waals surface area contributed by atoms with E-state index in [1.54, 1.807) is 0 Å². The van der Waals surface area contributed by atoms with Crippen molar-refractivity contribution >= 4 is 16.6 Å². The summed E-state index contributed by atoms with van der Waals surface area (Å²) >= 11 is 0. The van der Waals surface area contributed by atoms with Crippen LogP contribution in [0.3, 0.4) is 0 Å². The molecule has 1 saturated carbocycles. The lowest BCUT2D eigenvalue weighted by Gasteiger charge is -2.26. The summed E-state index contributed by atoms with van der Waals surface area (Å²) in [4.78, 5) is 9.54. The van der Waals surface area contributed by atoms with Gasteiger partial charge in [-0.2, -0.15) is 0 Å². The molecule has 1 aromatic heterocycles. The van der Waals surface area contributed by atoms with Gasteiger partial charge in [0.15, 0.2) is 5.69 Å². The monoisotopic (exact) mass is 295 g/mol. The van der Waals surface area contributed by atoms with Crippen LogP contribution in [-0.2, 0) is 0 Å². The van der Waals surface area contributed by atoms with Crippen molar-refractivity contribution in [2.45, 2.75) is 39.0 Å². The van der Waals surface area contributed by atoms with E-state index in [-0.39, 0.29) is 0 Å². The number of hydrogen-bond acceptors (Lipinski definition) is 1. The second-order valence-corrected chi connectivity index (χ2v) is 6.37. The normalized spacial score (nSPS) is 21.5. The molecule has 2 atom stereocenters. The van der Waals surface area contributed by atoms with Crippen LogP contribution < -0.4 is 0 Å². The van der Waals surface area contributed by atoms with Crippen molar-refractivity contribution in [3.8, 4) is 0 Å². The third-order valence-electron chi connectivity index (χ3n) is 5.27. The lowest BCUT2D eigenvalue weighted by Crippen LogP contribution is -2.30. The Balaban J connectivity index is 1.90. The molecule has 22 heavy (non-hydrogen) atoms. The molecule has 0 bridgehead atoms. The predicted molar refractivity (Wildman–Crippen MR) is 92.4 cm³/mol. The number of rotatable bonds is 5. The molecule has 0 unspecified atom stereocenters. The van der Waals surface area contributed by atoms with Gasteiger partial charge in [-0.15, -0.1) is 0 Å². The SMILES string of the molecule is [C-]#[N+]c1ccc2[nH]cc([C@H]3CCC[C@@H]3CN(CC)CC)c2c1. The average molecular weight is 295 g/mol. The molecule has 1 aromatic carbocycles. The highest BCUT2D eigenvalue weighted by Gasteiger charge is 2.31.